The Labute approximate surface area is 407 Å². The van der Waals surface area contributed by atoms with Crippen molar-refractivity contribution in [2.45, 2.75) is 252 Å². The fourth-order valence-corrected chi connectivity index (χ4v) is 7.28. The van der Waals surface area contributed by atoms with Crippen molar-refractivity contribution in [3.8, 4) is 0 Å². The molecule has 0 radical (unpaired) electrons. The van der Waals surface area contributed by atoms with Crippen LogP contribution in [0.1, 0.15) is 245 Å². The van der Waals surface area contributed by atoms with Crippen LogP contribution >= 0.6 is 0 Å². The van der Waals surface area contributed by atoms with E-state index in [1.165, 1.54) is 96.3 Å². The first-order valence-electron chi connectivity index (χ1n) is 27.2. The Bertz CT molecular complexity index is 1330. The first-order valence-corrected chi connectivity index (χ1v) is 27.2. The van der Waals surface area contributed by atoms with Crippen LogP contribution in [0.4, 0.5) is 0 Å². The molecule has 0 N–H and O–H groups in total. The molecule has 6 nitrogen and oxygen atoms in total. The minimum absolute atomic E-state index is 0.0889. The first kappa shape index (κ1) is 62.3. The van der Waals surface area contributed by atoms with Crippen molar-refractivity contribution in [2.75, 3.05) is 13.2 Å². The summed E-state index contributed by atoms with van der Waals surface area (Å²) in [6.07, 6.45) is 71.2. The van der Waals surface area contributed by atoms with Crippen LogP contribution in [-0.4, -0.2) is 37.2 Å². The summed E-state index contributed by atoms with van der Waals surface area (Å²) < 4.78 is 16.7. The lowest BCUT2D eigenvalue weighted by atomic mass is 10.0. The molecular weight excluding hydrogens is 817 g/mol. The second-order valence-corrected chi connectivity index (χ2v) is 17.8. The van der Waals surface area contributed by atoms with E-state index in [1.54, 1.807) is 0 Å². The zero-order valence-corrected chi connectivity index (χ0v) is 42.9. The fourth-order valence-electron chi connectivity index (χ4n) is 7.28. The highest BCUT2D eigenvalue weighted by Gasteiger charge is 2.19. The van der Waals surface area contributed by atoms with E-state index >= 15 is 0 Å². The number of rotatable bonds is 48. The molecular formula is C60H100O6. The highest BCUT2D eigenvalue weighted by Crippen LogP contribution is 2.15. The molecule has 0 aliphatic rings. The van der Waals surface area contributed by atoms with E-state index in [9.17, 15) is 14.4 Å². The molecule has 0 amide bonds. The van der Waals surface area contributed by atoms with E-state index in [1.807, 2.05) is 0 Å². The van der Waals surface area contributed by atoms with Crippen molar-refractivity contribution in [1.82, 2.24) is 0 Å². The third-order valence-corrected chi connectivity index (χ3v) is 11.4. The Balaban J connectivity index is 4.33. The molecule has 0 fully saturated rings. The van der Waals surface area contributed by atoms with Crippen LogP contribution in [0.5, 0.6) is 0 Å². The van der Waals surface area contributed by atoms with Crippen molar-refractivity contribution in [2.24, 2.45) is 0 Å². The normalized spacial score (nSPS) is 12.8. The Kier molecular flexibility index (Phi) is 50.9. The number of ether oxygens (including phenoxy) is 3. The lowest BCUT2D eigenvalue weighted by molar-refractivity contribution is -0.167. The topological polar surface area (TPSA) is 78.9 Å². The van der Waals surface area contributed by atoms with Crippen LogP contribution in [0.3, 0.4) is 0 Å². The van der Waals surface area contributed by atoms with Gasteiger partial charge in [0.15, 0.2) is 6.10 Å². The maximum Gasteiger partial charge on any atom is 0.306 e. The van der Waals surface area contributed by atoms with Gasteiger partial charge in [-0.05, 0) is 83.5 Å². The van der Waals surface area contributed by atoms with Crippen molar-refractivity contribution in [1.29, 1.82) is 0 Å². The molecule has 0 bridgehead atoms. The maximum absolute atomic E-state index is 12.8. The van der Waals surface area contributed by atoms with Gasteiger partial charge >= 0.3 is 17.9 Å². The minimum atomic E-state index is -0.791. The van der Waals surface area contributed by atoms with Crippen LogP contribution in [0, 0.1) is 0 Å². The first-order chi connectivity index (χ1) is 32.5. The van der Waals surface area contributed by atoms with E-state index in [-0.39, 0.29) is 31.1 Å². The van der Waals surface area contributed by atoms with Crippen LogP contribution in [0.25, 0.3) is 0 Å². The van der Waals surface area contributed by atoms with E-state index in [2.05, 4.69) is 118 Å². The molecule has 376 valence electrons. The summed E-state index contributed by atoms with van der Waals surface area (Å²) in [5, 5.41) is 0. The molecule has 0 saturated heterocycles. The zero-order valence-electron chi connectivity index (χ0n) is 42.9. The van der Waals surface area contributed by atoms with Crippen LogP contribution < -0.4 is 0 Å². The van der Waals surface area contributed by atoms with Gasteiger partial charge in [-0.3, -0.25) is 14.4 Å². The summed E-state index contributed by atoms with van der Waals surface area (Å²) >= 11 is 0. The second kappa shape index (κ2) is 53.9. The largest absolute Gasteiger partial charge is 0.462 e. The molecule has 66 heavy (non-hydrogen) atoms. The molecule has 0 aromatic rings. The van der Waals surface area contributed by atoms with Crippen molar-refractivity contribution < 1.29 is 28.6 Å². The van der Waals surface area contributed by atoms with Gasteiger partial charge in [-0.1, -0.05) is 240 Å². The Morgan fingerprint density at radius 1 is 0.318 bits per heavy atom. The van der Waals surface area contributed by atoms with Gasteiger partial charge in [0.05, 0.1) is 0 Å². The van der Waals surface area contributed by atoms with E-state index in [4.69, 9.17) is 14.2 Å². The molecule has 0 rings (SSSR count). The highest BCUT2D eigenvalue weighted by atomic mass is 16.6. The van der Waals surface area contributed by atoms with Gasteiger partial charge in [0.1, 0.15) is 13.2 Å². The number of hydrogen-bond acceptors (Lipinski definition) is 6. The van der Waals surface area contributed by atoms with Gasteiger partial charge in [0.2, 0.25) is 0 Å². The molecule has 0 aliphatic carbocycles. The molecule has 0 aromatic carbocycles. The lowest BCUT2D eigenvalue weighted by Crippen LogP contribution is -2.30. The molecule has 0 spiro atoms. The van der Waals surface area contributed by atoms with Crippen molar-refractivity contribution in [3.05, 3.63) is 97.2 Å². The Morgan fingerprint density at radius 3 is 0.924 bits per heavy atom. The van der Waals surface area contributed by atoms with Gasteiger partial charge in [0, 0.05) is 19.3 Å². The summed E-state index contributed by atoms with van der Waals surface area (Å²) in [5.41, 5.74) is 0. The molecule has 0 aromatic heterocycles. The third kappa shape index (κ3) is 51.3. The lowest BCUT2D eigenvalue weighted by Gasteiger charge is -2.18. The van der Waals surface area contributed by atoms with Gasteiger partial charge < -0.3 is 14.2 Å². The third-order valence-electron chi connectivity index (χ3n) is 11.4. The second-order valence-electron chi connectivity index (χ2n) is 17.8. The quantitative estimate of drug-likeness (QED) is 0.0262. The summed E-state index contributed by atoms with van der Waals surface area (Å²) in [6.45, 7) is 6.46. The molecule has 1 unspecified atom stereocenters. The van der Waals surface area contributed by atoms with Crippen LogP contribution in [0.15, 0.2) is 97.2 Å². The predicted octanol–water partition coefficient (Wildman–Crippen LogP) is 18.1. The molecule has 6 heteroatoms. The predicted molar refractivity (Wildman–Crippen MR) is 284 cm³/mol. The number of hydrogen-bond donors (Lipinski definition) is 0. The van der Waals surface area contributed by atoms with Gasteiger partial charge in [0.25, 0.3) is 0 Å². The van der Waals surface area contributed by atoms with Crippen LogP contribution in [0.2, 0.25) is 0 Å². The summed E-state index contributed by atoms with van der Waals surface area (Å²) in [4.78, 5) is 37.9. The smallest absolute Gasteiger partial charge is 0.306 e. The Hall–Kier alpha value is -3.67. The van der Waals surface area contributed by atoms with E-state index < -0.39 is 6.10 Å². The zero-order chi connectivity index (χ0) is 47.9. The molecule has 0 aliphatic heterocycles. The van der Waals surface area contributed by atoms with Gasteiger partial charge in [-0.15, -0.1) is 0 Å². The maximum atomic E-state index is 12.8. The van der Waals surface area contributed by atoms with Crippen molar-refractivity contribution in [3.63, 3.8) is 0 Å². The van der Waals surface area contributed by atoms with Crippen LogP contribution in [-0.2, 0) is 28.6 Å². The molecule has 0 saturated carbocycles. The average Bonchev–Trinajstić information content (AvgIpc) is 3.31. The minimum Gasteiger partial charge on any atom is -0.462 e. The monoisotopic (exact) mass is 917 g/mol. The number of carbonyl (C=O) groups excluding carboxylic acids is 3. The standard InChI is InChI=1S/C60H100O6/c1-4-7-10-13-16-19-21-23-24-25-26-27-28-29-30-31-32-33-34-35-36-37-39-41-44-47-50-53-59(62)65-56-57(55-64-58(61)52-49-46-43-40-18-15-12-9-6-3)66-60(63)54-51-48-45-42-38-22-20-17-14-11-8-5-2/h7,10,16,19,23-24,26-27,29-30,32-33,35-36,39,41,57H,4-6,8-9,11-15,17-18,20-22,25,28,31,34,37-38,40,42-56H2,1-3H3/b10-7-,19-16-,24-23-,27-26-,30-29-,33-32-,36-35-,41-39-. The van der Waals surface area contributed by atoms with E-state index in [0.29, 0.717) is 19.3 Å². The highest BCUT2D eigenvalue weighted by molar-refractivity contribution is 5.71. The fraction of sp³-hybridized carbons (Fsp3) is 0.683. The molecule has 0 heterocycles. The average molecular weight is 917 g/mol. The van der Waals surface area contributed by atoms with Gasteiger partial charge in [-0.2, -0.15) is 0 Å². The van der Waals surface area contributed by atoms with Gasteiger partial charge in [-0.25, -0.2) is 0 Å². The Morgan fingerprint density at radius 2 is 0.591 bits per heavy atom. The van der Waals surface area contributed by atoms with E-state index in [0.717, 1.165) is 109 Å². The number of unbranched alkanes of at least 4 members (excludes halogenated alkanes) is 21. The summed E-state index contributed by atoms with van der Waals surface area (Å²) in [6, 6.07) is 0. The number of allylic oxidation sites excluding steroid dienone is 16. The SMILES string of the molecule is CC/C=C\C/C=C\C/C=C\C/C=C\C/C=C\C/C=C\C/C=C\C/C=C\CCCCC(=O)OCC(COC(=O)CCCCCCCCCCC)OC(=O)CCCCCCCCCCCCCC. The summed E-state index contributed by atoms with van der Waals surface area (Å²) in [7, 11) is 0. The van der Waals surface area contributed by atoms with Crippen molar-refractivity contribution >= 4 is 17.9 Å². The number of carbonyl (C=O) groups is 3. The molecule has 1 atom stereocenters. The summed E-state index contributed by atoms with van der Waals surface area (Å²) in [5.74, 6) is -0.938. The number of esters is 3.